The number of likely N-dealkylation sites (tertiary alicyclic amines) is 1. The van der Waals surface area contributed by atoms with Gasteiger partial charge in [-0.3, -0.25) is 4.90 Å². The van der Waals surface area contributed by atoms with Crippen LogP contribution in [0.3, 0.4) is 0 Å². The molecule has 1 aliphatic heterocycles. The van der Waals surface area contributed by atoms with Crippen molar-refractivity contribution in [3.8, 4) is 0 Å². The lowest BCUT2D eigenvalue weighted by Gasteiger charge is -2.28. The summed E-state index contributed by atoms with van der Waals surface area (Å²) in [5.74, 6) is 1.76. The van der Waals surface area contributed by atoms with E-state index in [2.05, 4.69) is 20.2 Å². The van der Waals surface area contributed by atoms with Gasteiger partial charge in [0, 0.05) is 20.1 Å². The Morgan fingerprint density at radius 2 is 2.21 bits per heavy atom. The molecular formula is C13H18N4OS. The van der Waals surface area contributed by atoms with Crippen LogP contribution >= 0.6 is 11.3 Å². The van der Waals surface area contributed by atoms with Crippen molar-refractivity contribution in [1.29, 1.82) is 0 Å². The van der Waals surface area contributed by atoms with E-state index in [9.17, 15) is 5.11 Å². The molecule has 0 bridgehead atoms. The van der Waals surface area contributed by atoms with Gasteiger partial charge in [-0.05, 0) is 24.3 Å². The van der Waals surface area contributed by atoms with Crippen molar-refractivity contribution < 1.29 is 5.11 Å². The van der Waals surface area contributed by atoms with Crippen molar-refractivity contribution in [3.63, 3.8) is 0 Å². The van der Waals surface area contributed by atoms with Crippen LogP contribution in [0.1, 0.15) is 18.7 Å². The molecule has 19 heavy (non-hydrogen) atoms. The summed E-state index contributed by atoms with van der Waals surface area (Å²) in [4.78, 5) is 12.5. The minimum absolute atomic E-state index is 0.134. The molecule has 2 aromatic rings. The Labute approximate surface area is 116 Å². The maximum Gasteiger partial charge on any atom is 0.146 e. The minimum Gasteiger partial charge on any atom is -0.393 e. The molecule has 102 valence electrons. The number of piperidine rings is 1. The molecule has 0 saturated carbocycles. The summed E-state index contributed by atoms with van der Waals surface area (Å²) in [7, 11) is 1.89. The molecule has 0 atom stereocenters. The summed E-state index contributed by atoms with van der Waals surface area (Å²) in [6, 6.07) is 2.05. The first-order valence-electron chi connectivity index (χ1n) is 6.58. The second-order valence-electron chi connectivity index (χ2n) is 4.89. The number of aliphatic hydroxyl groups is 1. The van der Waals surface area contributed by atoms with E-state index in [-0.39, 0.29) is 6.10 Å². The predicted octanol–water partition coefficient (Wildman–Crippen LogP) is 1.69. The Bertz CT molecular complexity index is 563. The molecule has 3 rings (SSSR count). The van der Waals surface area contributed by atoms with E-state index in [0.29, 0.717) is 0 Å². The highest BCUT2D eigenvalue weighted by atomic mass is 32.1. The summed E-state index contributed by atoms with van der Waals surface area (Å²) in [5.41, 5.74) is 0. The van der Waals surface area contributed by atoms with Crippen LogP contribution in [0.25, 0.3) is 10.2 Å². The van der Waals surface area contributed by atoms with Crippen molar-refractivity contribution in [1.82, 2.24) is 14.9 Å². The lowest BCUT2D eigenvalue weighted by atomic mass is 10.1. The van der Waals surface area contributed by atoms with Crippen molar-refractivity contribution in [3.05, 3.63) is 17.3 Å². The number of nitrogens with one attached hydrogen (secondary N) is 1. The van der Waals surface area contributed by atoms with Gasteiger partial charge in [-0.2, -0.15) is 0 Å². The van der Waals surface area contributed by atoms with Crippen molar-refractivity contribution >= 4 is 27.4 Å². The Morgan fingerprint density at radius 3 is 2.95 bits per heavy atom. The van der Waals surface area contributed by atoms with Gasteiger partial charge in [0.05, 0.1) is 18.0 Å². The third kappa shape index (κ3) is 2.70. The van der Waals surface area contributed by atoms with E-state index >= 15 is 0 Å². The molecule has 1 aliphatic rings. The number of thiophene rings is 1. The van der Waals surface area contributed by atoms with Gasteiger partial charge in [-0.1, -0.05) is 0 Å². The molecule has 5 nitrogen and oxygen atoms in total. The number of hydrogen-bond acceptors (Lipinski definition) is 6. The Kier molecular flexibility index (Phi) is 3.63. The molecule has 6 heteroatoms. The Hall–Kier alpha value is -1.24. The molecule has 0 unspecified atom stereocenters. The normalized spacial score (nSPS) is 18.0. The first kappa shape index (κ1) is 12.8. The summed E-state index contributed by atoms with van der Waals surface area (Å²) in [6.07, 6.45) is 1.56. The van der Waals surface area contributed by atoms with Crippen LogP contribution in [0.15, 0.2) is 11.4 Å². The first-order chi connectivity index (χ1) is 9.26. The summed E-state index contributed by atoms with van der Waals surface area (Å²) >= 11 is 1.64. The second kappa shape index (κ2) is 5.40. The Morgan fingerprint density at radius 1 is 1.42 bits per heavy atom. The van der Waals surface area contributed by atoms with Crippen molar-refractivity contribution in [2.24, 2.45) is 0 Å². The van der Waals surface area contributed by atoms with Crippen molar-refractivity contribution in [2.45, 2.75) is 25.5 Å². The number of fused-ring (bicyclic) bond motifs is 1. The zero-order valence-electron chi connectivity index (χ0n) is 11.0. The zero-order valence-corrected chi connectivity index (χ0v) is 11.8. The van der Waals surface area contributed by atoms with E-state index in [1.807, 2.05) is 18.5 Å². The van der Waals surface area contributed by atoms with E-state index < -0.39 is 0 Å². The fraction of sp³-hybridized carbons (Fsp3) is 0.538. The number of aromatic nitrogens is 2. The molecule has 1 fully saturated rings. The smallest absolute Gasteiger partial charge is 0.146 e. The van der Waals surface area contributed by atoms with Crippen LogP contribution < -0.4 is 5.32 Å². The summed E-state index contributed by atoms with van der Waals surface area (Å²) in [6.45, 7) is 2.60. The van der Waals surface area contributed by atoms with Crippen LogP contribution in [0, 0.1) is 0 Å². The third-order valence-corrected chi connectivity index (χ3v) is 4.34. The topological polar surface area (TPSA) is 61.3 Å². The quantitative estimate of drug-likeness (QED) is 0.894. The number of aliphatic hydroxyl groups excluding tert-OH is 1. The zero-order chi connectivity index (χ0) is 13.2. The molecule has 2 N–H and O–H groups in total. The van der Waals surface area contributed by atoms with Gasteiger partial charge in [0.2, 0.25) is 0 Å². The predicted molar refractivity (Wildman–Crippen MR) is 77.5 cm³/mol. The largest absolute Gasteiger partial charge is 0.393 e. The molecule has 0 aromatic carbocycles. The lowest BCUT2D eigenvalue weighted by molar-refractivity contribution is 0.0781. The summed E-state index contributed by atoms with van der Waals surface area (Å²) in [5, 5.41) is 15.8. The average Bonchev–Trinajstić information content (AvgIpc) is 2.89. The first-order valence-corrected chi connectivity index (χ1v) is 7.46. The van der Waals surface area contributed by atoms with E-state index in [4.69, 9.17) is 0 Å². The number of nitrogens with zero attached hydrogens (tertiary/aromatic N) is 3. The van der Waals surface area contributed by atoms with E-state index in [0.717, 1.165) is 54.3 Å². The highest BCUT2D eigenvalue weighted by Crippen LogP contribution is 2.25. The minimum atomic E-state index is -0.134. The molecule has 0 amide bonds. The maximum absolute atomic E-state index is 9.52. The fourth-order valence-corrected chi connectivity index (χ4v) is 3.22. The number of rotatable bonds is 3. The molecule has 1 saturated heterocycles. The van der Waals surface area contributed by atoms with Gasteiger partial charge < -0.3 is 10.4 Å². The highest BCUT2D eigenvalue weighted by molar-refractivity contribution is 7.16. The maximum atomic E-state index is 9.52. The standard InChI is InChI=1S/C13H18N4OS/c1-14-12-10-4-7-19-13(10)16-11(15-12)8-17-5-2-9(18)3-6-17/h4,7,9,18H,2-3,5-6,8H2,1H3,(H,14,15,16). The third-order valence-electron chi connectivity index (χ3n) is 3.53. The molecule has 2 aromatic heterocycles. The number of hydrogen-bond donors (Lipinski definition) is 2. The van der Waals surface area contributed by atoms with Crippen LogP contribution in [-0.2, 0) is 6.54 Å². The molecule has 0 aliphatic carbocycles. The second-order valence-corrected chi connectivity index (χ2v) is 5.78. The molecule has 3 heterocycles. The van der Waals surface area contributed by atoms with Crippen LogP contribution in [0.5, 0.6) is 0 Å². The van der Waals surface area contributed by atoms with Gasteiger partial charge in [-0.25, -0.2) is 9.97 Å². The van der Waals surface area contributed by atoms with Gasteiger partial charge >= 0.3 is 0 Å². The van der Waals surface area contributed by atoms with Crippen LogP contribution in [0.4, 0.5) is 5.82 Å². The SMILES string of the molecule is CNc1nc(CN2CCC(O)CC2)nc2sccc12. The van der Waals surface area contributed by atoms with Crippen molar-refractivity contribution in [2.75, 3.05) is 25.5 Å². The molecular weight excluding hydrogens is 260 g/mol. The van der Waals surface area contributed by atoms with Gasteiger partial charge in [0.25, 0.3) is 0 Å². The fourth-order valence-electron chi connectivity index (χ4n) is 2.44. The van der Waals surface area contributed by atoms with Gasteiger partial charge in [-0.15, -0.1) is 11.3 Å². The van der Waals surface area contributed by atoms with E-state index in [1.54, 1.807) is 11.3 Å². The molecule has 0 spiro atoms. The van der Waals surface area contributed by atoms with Gasteiger partial charge in [0.15, 0.2) is 0 Å². The monoisotopic (exact) mass is 278 g/mol. The Balaban J connectivity index is 1.80. The summed E-state index contributed by atoms with van der Waals surface area (Å²) < 4.78 is 0. The average molecular weight is 278 g/mol. The van der Waals surface area contributed by atoms with E-state index in [1.165, 1.54) is 0 Å². The van der Waals surface area contributed by atoms with Crippen LogP contribution in [-0.4, -0.2) is 46.2 Å². The lowest BCUT2D eigenvalue weighted by Crippen LogP contribution is -2.35. The molecule has 0 radical (unpaired) electrons. The number of anilines is 1. The van der Waals surface area contributed by atoms with Crippen LogP contribution in [0.2, 0.25) is 0 Å². The van der Waals surface area contributed by atoms with Gasteiger partial charge in [0.1, 0.15) is 16.5 Å². The highest BCUT2D eigenvalue weighted by Gasteiger charge is 2.18.